The van der Waals surface area contributed by atoms with Crippen molar-refractivity contribution in [2.45, 2.75) is 19.4 Å². The first kappa shape index (κ1) is 18.3. The van der Waals surface area contributed by atoms with Gasteiger partial charge in [0.05, 0.1) is 23.6 Å². The molecule has 1 aromatic carbocycles. The number of nitrogens with two attached hydrogens (primary N) is 1. The molecule has 3 heterocycles. The van der Waals surface area contributed by atoms with Crippen molar-refractivity contribution in [2.24, 2.45) is 0 Å². The standard InChI is InChI=1S/C21H25N6O/c1-21(2)12-27(6-7-28-21)19-9-18(24-13-25-19)20(23)16-8-14(4-5-17(16)22)15-10-26(3)11-15/h4-5,8-11,13,23H,6-7,12,22H2,1-3H3/q+1. The number of nitrogens with zero attached hydrogens (tertiary/aromatic N) is 4. The molecule has 2 aliphatic heterocycles. The van der Waals surface area contributed by atoms with Crippen molar-refractivity contribution in [3.8, 4) is 0 Å². The van der Waals surface area contributed by atoms with Gasteiger partial charge in [-0.25, -0.2) is 14.5 Å². The number of ether oxygens (including phenoxy) is 1. The van der Waals surface area contributed by atoms with Crippen molar-refractivity contribution in [3.63, 3.8) is 0 Å². The monoisotopic (exact) mass is 377 g/mol. The Bertz CT molecular complexity index is 1010. The molecule has 2 aromatic rings. The van der Waals surface area contributed by atoms with Crippen LogP contribution in [0, 0.1) is 5.41 Å². The van der Waals surface area contributed by atoms with Gasteiger partial charge in [0, 0.05) is 30.4 Å². The van der Waals surface area contributed by atoms with E-state index in [2.05, 4.69) is 28.7 Å². The number of morpholine rings is 1. The third-order valence-corrected chi connectivity index (χ3v) is 5.00. The van der Waals surface area contributed by atoms with Gasteiger partial charge in [-0.2, -0.15) is 0 Å². The van der Waals surface area contributed by atoms with Crippen LogP contribution in [0.5, 0.6) is 0 Å². The summed E-state index contributed by atoms with van der Waals surface area (Å²) in [6.45, 7) is 6.30. The molecular weight excluding hydrogens is 352 g/mol. The Balaban J connectivity index is 1.62. The summed E-state index contributed by atoms with van der Waals surface area (Å²) in [5.41, 5.74) is 10.2. The molecule has 1 saturated heterocycles. The lowest BCUT2D eigenvalue weighted by molar-refractivity contribution is -0.423. The minimum atomic E-state index is -0.226. The van der Waals surface area contributed by atoms with Crippen molar-refractivity contribution >= 4 is 29.0 Å². The zero-order valence-corrected chi connectivity index (χ0v) is 16.4. The highest BCUT2D eigenvalue weighted by Crippen LogP contribution is 2.25. The number of hydrogen-bond donors (Lipinski definition) is 2. The number of allylic oxidation sites excluding steroid dienone is 1. The Morgan fingerprint density at radius 3 is 2.79 bits per heavy atom. The van der Waals surface area contributed by atoms with E-state index < -0.39 is 0 Å². The van der Waals surface area contributed by atoms with Gasteiger partial charge in [-0.1, -0.05) is 6.07 Å². The molecule has 1 fully saturated rings. The van der Waals surface area contributed by atoms with Gasteiger partial charge in [0.2, 0.25) is 0 Å². The molecule has 1 aromatic heterocycles. The molecule has 7 heteroatoms. The highest BCUT2D eigenvalue weighted by Gasteiger charge is 2.28. The molecule has 0 radical (unpaired) electrons. The van der Waals surface area contributed by atoms with Crippen LogP contribution in [0.15, 0.2) is 36.8 Å². The lowest BCUT2D eigenvalue weighted by Crippen LogP contribution is -2.48. The van der Waals surface area contributed by atoms with Crippen LogP contribution in [0.4, 0.5) is 11.5 Å². The van der Waals surface area contributed by atoms with E-state index in [4.69, 9.17) is 15.9 Å². The second-order valence-corrected chi connectivity index (χ2v) is 7.85. The third-order valence-electron chi connectivity index (χ3n) is 5.00. The zero-order chi connectivity index (χ0) is 19.9. The van der Waals surface area contributed by atoms with E-state index in [1.165, 1.54) is 6.33 Å². The van der Waals surface area contributed by atoms with E-state index >= 15 is 0 Å². The summed E-state index contributed by atoms with van der Waals surface area (Å²) in [4.78, 5) is 10.9. The average molecular weight is 377 g/mol. The molecule has 0 unspecified atom stereocenters. The van der Waals surface area contributed by atoms with Gasteiger partial charge < -0.3 is 15.4 Å². The third kappa shape index (κ3) is 3.53. The number of benzene rings is 1. The molecule has 3 N–H and O–H groups in total. The second kappa shape index (κ2) is 6.83. The van der Waals surface area contributed by atoms with Crippen LogP contribution in [-0.2, 0) is 4.74 Å². The summed E-state index contributed by atoms with van der Waals surface area (Å²) in [5.74, 6) is 0.803. The molecule has 7 nitrogen and oxygen atoms in total. The molecular formula is C21H25N6O+. The van der Waals surface area contributed by atoms with Crippen LogP contribution < -0.4 is 10.6 Å². The lowest BCUT2D eigenvalue weighted by atomic mass is 9.97. The van der Waals surface area contributed by atoms with Gasteiger partial charge >= 0.3 is 0 Å². The first-order valence-corrected chi connectivity index (χ1v) is 9.31. The molecule has 0 amide bonds. The highest BCUT2D eigenvalue weighted by molar-refractivity contribution is 6.15. The second-order valence-electron chi connectivity index (χ2n) is 7.85. The van der Waals surface area contributed by atoms with Crippen LogP contribution >= 0.6 is 0 Å². The molecule has 2 aliphatic rings. The topological polar surface area (TPSA) is 91.1 Å². The molecule has 0 atom stereocenters. The first-order chi connectivity index (χ1) is 13.3. The predicted octanol–water partition coefficient (Wildman–Crippen LogP) is 2.16. The number of anilines is 2. The fraction of sp³-hybridized carbons (Fsp3) is 0.333. The van der Waals surface area contributed by atoms with E-state index in [0.717, 1.165) is 30.0 Å². The Labute approximate surface area is 164 Å². The number of aromatic nitrogens is 2. The van der Waals surface area contributed by atoms with Crippen LogP contribution in [-0.4, -0.2) is 58.8 Å². The largest absolute Gasteiger partial charge is 0.398 e. The van der Waals surface area contributed by atoms with E-state index in [9.17, 15) is 0 Å². The number of nitrogen functional groups attached to an aromatic ring is 1. The van der Waals surface area contributed by atoms with Gasteiger partial charge in [0.1, 0.15) is 24.8 Å². The zero-order valence-electron chi connectivity index (χ0n) is 16.4. The molecule has 0 spiro atoms. The summed E-state index contributed by atoms with van der Waals surface area (Å²) in [6, 6.07) is 7.63. The van der Waals surface area contributed by atoms with Crippen LogP contribution in [0.2, 0.25) is 0 Å². The minimum Gasteiger partial charge on any atom is -0.398 e. The van der Waals surface area contributed by atoms with Gasteiger partial charge in [-0.05, 0) is 31.5 Å². The Kier molecular flexibility index (Phi) is 4.47. The predicted molar refractivity (Wildman–Crippen MR) is 111 cm³/mol. The molecule has 4 rings (SSSR count). The van der Waals surface area contributed by atoms with Crippen molar-refractivity contribution in [2.75, 3.05) is 37.4 Å². The summed E-state index contributed by atoms with van der Waals surface area (Å²) in [6.07, 6.45) is 5.60. The van der Waals surface area contributed by atoms with Crippen LogP contribution in [0.25, 0.3) is 5.57 Å². The Hall–Kier alpha value is -3.06. The number of hydrogen-bond acceptors (Lipinski definition) is 6. The summed E-state index contributed by atoms with van der Waals surface area (Å²) in [7, 11) is 1.99. The number of rotatable bonds is 4. The summed E-state index contributed by atoms with van der Waals surface area (Å²) >= 11 is 0. The van der Waals surface area contributed by atoms with Gasteiger partial charge in [0.15, 0.2) is 12.4 Å². The first-order valence-electron chi connectivity index (χ1n) is 9.31. The maximum atomic E-state index is 8.70. The molecule has 0 saturated carbocycles. The van der Waals surface area contributed by atoms with Gasteiger partial charge in [-0.3, -0.25) is 5.41 Å². The maximum absolute atomic E-state index is 8.70. The van der Waals surface area contributed by atoms with Crippen LogP contribution in [0.1, 0.15) is 30.7 Å². The lowest BCUT2D eigenvalue weighted by Gasteiger charge is -2.38. The van der Waals surface area contributed by atoms with Crippen molar-refractivity contribution < 1.29 is 9.31 Å². The van der Waals surface area contributed by atoms with E-state index in [0.29, 0.717) is 29.3 Å². The van der Waals surface area contributed by atoms with Crippen molar-refractivity contribution in [1.82, 2.24) is 9.97 Å². The van der Waals surface area contributed by atoms with E-state index in [-0.39, 0.29) is 5.60 Å². The molecule has 0 aliphatic carbocycles. The van der Waals surface area contributed by atoms with Crippen LogP contribution in [0.3, 0.4) is 0 Å². The van der Waals surface area contributed by atoms with E-state index in [1.54, 1.807) is 0 Å². The quantitative estimate of drug-likeness (QED) is 0.484. The fourth-order valence-electron chi connectivity index (χ4n) is 3.54. The van der Waals surface area contributed by atoms with Gasteiger partial charge in [-0.15, -0.1) is 0 Å². The van der Waals surface area contributed by atoms with E-state index in [1.807, 2.05) is 48.3 Å². The Morgan fingerprint density at radius 1 is 1.29 bits per heavy atom. The maximum Gasteiger partial charge on any atom is 0.182 e. The Morgan fingerprint density at radius 2 is 2.07 bits per heavy atom. The summed E-state index contributed by atoms with van der Waals surface area (Å²) < 4.78 is 7.78. The highest BCUT2D eigenvalue weighted by atomic mass is 16.5. The smallest absolute Gasteiger partial charge is 0.182 e. The van der Waals surface area contributed by atoms with Crippen molar-refractivity contribution in [1.29, 1.82) is 5.41 Å². The van der Waals surface area contributed by atoms with Gasteiger partial charge in [0.25, 0.3) is 0 Å². The summed E-state index contributed by atoms with van der Waals surface area (Å²) in [5, 5.41) is 8.70. The SMILES string of the molecule is C[N+]1=CC(c2ccc(N)c(C(=N)c3cc(N4CCOC(C)(C)C4)ncn3)c2)=C1. The molecule has 144 valence electrons. The fourth-order valence-corrected chi connectivity index (χ4v) is 3.54. The minimum absolute atomic E-state index is 0.226. The number of nitrogens with one attached hydrogen (secondary N) is 1. The van der Waals surface area contributed by atoms with Crippen molar-refractivity contribution in [3.05, 3.63) is 53.6 Å². The normalized spacial score (nSPS) is 18.2. The molecule has 28 heavy (non-hydrogen) atoms. The molecule has 0 bridgehead atoms. The average Bonchev–Trinajstić information content (AvgIpc) is 2.65.